The van der Waals surface area contributed by atoms with Gasteiger partial charge in [-0.05, 0) is 19.1 Å². The van der Waals surface area contributed by atoms with Gasteiger partial charge in [0.05, 0.1) is 19.1 Å². The minimum absolute atomic E-state index is 0.0475. The van der Waals surface area contributed by atoms with Crippen molar-refractivity contribution in [2.45, 2.75) is 24.3 Å². The average Bonchev–Trinajstić information content (AvgIpc) is 2.28. The first-order chi connectivity index (χ1) is 7.72. The Labute approximate surface area is 99.0 Å². The quantitative estimate of drug-likeness (QED) is 0.604. The first kappa shape index (κ1) is 13.0. The Hall–Kier alpha value is -1.07. The number of hydrogen-bond donors (Lipinski definition) is 1. The maximum absolute atomic E-state index is 11.1. The number of ether oxygens (including phenoxy) is 1. The van der Waals surface area contributed by atoms with Crippen LogP contribution in [-0.4, -0.2) is 34.5 Å². The predicted molar refractivity (Wildman–Crippen MR) is 62.2 cm³/mol. The molecule has 4 nitrogen and oxygen atoms in total. The third kappa shape index (κ3) is 5.14. The third-order valence-electron chi connectivity index (χ3n) is 1.80. The number of rotatable bonds is 6. The summed E-state index contributed by atoms with van der Waals surface area (Å²) >= 11 is 1.49. The van der Waals surface area contributed by atoms with Gasteiger partial charge in [-0.3, -0.25) is 9.78 Å². The molecular formula is C11H15NO3S. The Morgan fingerprint density at radius 3 is 2.88 bits per heavy atom. The molecule has 0 fully saturated rings. The van der Waals surface area contributed by atoms with Crippen LogP contribution >= 0.6 is 11.8 Å². The number of hydrogen-bond acceptors (Lipinski definition) is 5. The molecule has 0 aliphatic rings. The fourth-order valence-corrected chi connectivity index (χ4v) is 1.91. The van der Waals surface area contributed by atoms with Crippen molar-refractivity contribution in [3.05, 3.63) is 24.5 Å². The number of nitrogens with zero attached hydrogens (tertiary/aromatic N) is 1. The van der Waals surface area contributed by atoms with Gasteiger partial charge in [0.1, 0.15) is 0 Å². The zero-order chi connectivity index (χ0) is 11.8. The van der Waals surface area contributed by atoms with Crippen LogP contribution in [0.5, 0.6) is 0 Å². The lowest BCUT2D eigenvalue weighted by Crippen LogP contribution is -2.17. The largest absolute Gasteiger partial charge is 0.466 e. The van der Waals surface area contributed by atoms with E-state index in [1.54, 1.807) is 19.3 Å². The number of pyridine rings is 1. The molecule has 16 heavy (non-hydrogen) atoms. The Morgan fingerprint density at radius 2 is 2.25 bits per heavy atom. The molecule has 0 saturated heterocycles. The van der Waals surface area contributed by atoms with Crippen LogP contribution in [0.1, 0.15) is 13.3 Å². The van der Waals surface area contributed by atoms with Gasteiger partial charge in [0.2, 0.25) is 0 Å². The van der Waals surface area contributed by atoms with E-state index < -0.39 is 6.10 Å². The molecule has 0 amide bonds. The van der Waals surface area contributed by atoms with Crippen molar-refractivity contribution in [3.8, 4) is 0 Å². The monoisotopic (exact) mass is 241 g/mol. The van der Waals surface area contributed by atoms with Crippen LogP contribution in [0.4, 0.5) is 0 Å². The maximum atomic E-state index is 11.1. The predicted octanol–water partition coefficient (Wildman–Crippen LogP) is 1.49. The van der Waals surface area contributed by atoms with E-state index in [1.807, 2.05) is 12.1 Å². The molecule has 5 heteroatoms. The van der Waals surface area contributed by atoms with E-state index in [0.717, 1.165) is 4.90 Å². The minimum atomic E-state index is -0.669. The van der Waals surface area contributed by atoms with Crippen molar-refractivity contribution < 1.29 is 14.6 Å². The summed E-state index contributed by atoms with van der Waals surface area (Å²) < 4.78 is 4.75. The van der Waals surface area contributed by atoms with Crippen molar-refractivity contribution in [3.63, 3.8) is 0 Å². The van der Waals surface area contributed by atoms with Gasteiger partial charge in [0.25, 0.3) is 0 Å². The Morgan fingerprint density at radius 1 is 1.56 bits per heavy atom. The van der Waals surface area contributed by atoms with Crippen molar-refractivity contribution in [1.82, 2.24) is 4.98 Å². The molecule has 0 radical (unpaired) electrons. The van der Waals surface area contributed by atoms with E-state index in [9.17, 15) is 9.90 Å². The highest BCUT2D eigenvalue weighted by Crippen LogP contribution is 2.18. The van der Waals surface area contributed by atoms with Gasteiger partial charge >= 0.3 is 5.97 Å². The number of esters is 1. The number of carbonyl (C=O) groups is 1. The van der Waals surface area contributed by atoms with E-state index in [0.29, 0.717) is 12.4 Å². The van der Waals surface area contributed by atoms with Crippen molar-refractivity contribution >= 4 is 17.7 Å². The Kier molecular flexibility index (Phi) is 5.88. The molecule has 88 valence electrons. The SMILES string of the molecule is CCOC(=O)CC(O)CSc1ccncc1. The van der Waals surface area contributed by atoms with Gasteiger partial charge < -0.3 is 9.84 Å². The van der Waals surface area contributed by atoms with Gasteiger partial charge in [0.15, 0.2) is 0 Å². The Balaban J connectivity index is 2.25. The highest BCUT2D eigenvalue weighted by atomic mass is 32.2. The molecule has 1 atom stereocenters. The zero-order valence-corrected chi connectivity index (χ0v) is 9.94. The van der Waals surface area contributed by atoms with Gasteiger partial charge in [0, 0.05) is 23.0 Å². The van der Waals surface area contributed by atoms with Gasteiger partial charge in [-0.15, -0.1) is 11.8 Å². The molecule has 0 aliphatic heterocycles. The van der Waals surface area contributed by atoms with Crippen LogP contribution in [-0.2, 0) is 9.53 Å². The highest BCUT2D eigenvalue weighted by molar-refractivity contribution is 7.99. The standard InChI is InChI=1S/C11H15NO3S/c1-2-15-11(14)7-9(13)8-16-10-3-5-12-6-4-10/h3-6,9,13H,2,7-8H2,1H3. The maximum Gasteiger partial charge on any atom is 0.308 e. The van der Waals surface area contributed by atoms with E-state index in [4.69, 9.17) is 4.74 Å². The second kappa shape index (κ2) is 7.24. The summed E-state index contributed by atoms with van der Waals surface area (Å²) in [6.07, 6.45) is 2.77. The molecule has 0 aliphatic carbocycles. The normalized spacial score (nSPS) is 12.1. The van der Waals surface area contributed by atoms with Crippen LogP contribution in [0.25, 0.3) is 0 Å². The summed E-state index contributed by atoms with van der Waals surface area (Å²) in [5, 5.41) is 9.57. The van der Waals surface area contributed by atoms with Gasteiger partial charge in [-0.1, -0.05) is 0 Å². The molecule has 0 spiro atoms. The van der Waals surface area contributed by atoms with Crippen LogP contribution in [0.3, 0.4) is 0 Å². The summed E-state index contributed by atoms with van der Waals surface area (Å²) in [5.41, 5.74) is 0. The second-order valence-corrected chi connectivity index (χ2v) is 4.25. The van der Waals surface area contributed by atoms with Crippen LogP contribution in [0.15, 0.2) is 29.4 Å². The molecule has 1 rings (SSSR count). The molecule has 1 N–H and O–H groups in total. The minimum Gasteiger partial charge on any atom is -0.466 e. The summed E-state index contributed by atoms with van der Waals surface area (Å²) in [6, 6.07) is 3.73. The molecule has 1 aromatic heterocycles. The number of thioether (sulfide) groups is 1. The summed E-state index contributed by atoms with van der Waals surface area (Å²) in [4.78, 5) is 16.0. The Bertz CT molecular complexity index is 318. The molecule has 0 saturated carbocycles. The topological polar surface area (TPSA) is 59.4 Å². The number of aliphatic hydroxyl groups excluding tert-OH is 1. The molecule has 1 unspecified atom stereocenters. The molecular weight excluding hydrogens is 226 g/mol. The number of aliphatic hydroxyl groups is 1. The number of carbonyl (C=O) groups excluding carboxylic acids is 1. The van der Waals surface area contributed by atoms with Crippen LogP contribution in [0, 0.1) is 0 Å². The van der Waals surface area contributed by atoms with Crippen molar-refractivity contribution in [1.29, 1.82) is 0 Å². The summed E-state index contributed by atoms with van der Waals surface area (Å²) in [5.74, 6) is 0.119. The molecule has 1 aromatic rings. The highest BCUT2D eigenvalue weighted by Gasteiger charge is 2.11. The summed E-state index contributed by atoms with van der Waals surface area (Å²) in [7, 11) is 0. The lowest BCUT2D eigenvalue weighted by atomic mass is 10.3. The zero-order valence-electron chi connectivity index (χ0n) is 9.13. The molecule has 0 bridgehead atoms. The molecule has 1 heterocycles. The van der Waals surface area contributed by atoms with Crippen LogP contribution in [0.2, 0.25) is 0 Å². The van der Waals surface area contributed by atoms with E-state index in [1.165, 1.54) is 11.8 Å². The smallest absolute Gasteiger partial charge is 0.308 e. The van der Waals surface area contributed by atoms with Gasteiger partial charge in [-0.25, -0.2) is 0 Å². The van der Waals surface area contributed by atoms with E-state index >= 15 is 0 Å². The third-order valence-corrected chi connectivity index (χ3v) is 2.96. The van der Waals surface area contributed by atoms with E-state index in [-0.39, 0.29) is 12.4 Å². The van der Waals surface area contributed by atoms with Crippen molar-refractivity contribution in [2.75, 3.05) is 12.4 Å². The second-order valence-electron chi connectivity index (χ2n) is 3.16. The number of aromatic nitrogens is 1. The fourth-order valence-electron chi connectivity index (χ4n) is 1.10. The lowest BCUT2D eigenvalue weighted by molar-refractivity contribution is -0.144. The lowest BCUT2D eigenvalue weighted by Gasteiger charge is -2.09. The van der Waals surface area contributed by atoms with E-state index in [2.05, 4.69) is 4.98 Å². The molecule has 0 aromatic carbocycles. The first-order valence-corrected chi connectivity index (χ1v) is 6.07. The van der Waals surface area contributed by atoms with Gasteiger partial charge in [-0.2, -0.15) is 0 Å². The summed E-state index contributed by atoms with van der Waals surface area (Å²) in [6.45, 7) is 2.10. The van der Waals surface area contributed by atoms with Crippen molar-refractivity contribution in [2.24, 2.45) is 0 Å². The first-order valence-electron chi connectivity index (χ1n) is 5.09. The average molecular weight is 241 g/mol. The van der Waals surface area contributed by atoms with Crippen LogP contribution < -0.4 is 0 Å². The fraction of sp³-hybridized carbons (Fsp3) is 0.455.